The van der Waals surface area contributed by atoms with Crippen molar-refractivity contribution in [3.05, 3.63) is 63.4 Å². The fraction of sp³-hybridized carbons (Fsp3) is 0.143. The van der Waals surface area contributed by atoms with Crippen LogP contribution in [0.2, 0.25) is 10.0 Å². The van der Waals surface area contributed by atoms with Gasteiger partial charge < -0.3 is 4.74 Å². The minimum absolute atomic E-state index is 0.326. The average molecular weight is 320 g/mol. The molecule has 0 amide bonds. The maximum Gasteiger partial charge on any atom is 0.131 e. The molecular formula is C14H10Cl3FO. The summed E-state index contributed by atoms with van der Waals surface area (Å²) in [5, 5.41) is 0.00947. The van der Waals surface area contributed by atoms with E-state index in [9.17, 15) is 4.39 Å². The molecule has 1 nitrogen and oxygen atoms in total. The third-order valence-electron chi connectivity index (χ3n) is 2.74. The fourth-order valence-electron chi connectivity index (χ4n) is 1.72. The zero-order valence-corrected chi connectivity index (χ0v) is 12.2. The number of halogens is 4. The topological polar surface area (TPSA) is 9.23 Å². The lowest BCUT2D eigenvalue weighted by Gasteiger charge is -2.14. The van der Waals surface area contributed by atoms with Gasteiger partial charge in [0.05, 0.1) is 22.5 Å². The highest BCUT2D eigenvalue weighted by atomic mass is 35.5. The van der Waals surface area contributed by atoms with Gasteiger partial charge in [-0.2, -0.15) is 0 Å². The average Bonchev–Trinajstić information content (AvgIpc) is 2.41. The lowest BCUT2D eigenvalue weighted by Crippen LogP contribution is -1.99. The molecule has 1 unspecified atom stereocenters. The SMILES string of the molecule is COc1ccc(C(Cl)c2cccc(Cl)c2Cl)c(F)c1. The molecule has 0 radical (unpaired) electrons. The molecule has 0 bridgehead atoms. The number of alkyl halides is 1. The summed E-state index contributed by atoms with van der Waals surface area (Å²) in [6.45, 7) is 0. The molecule has 0 saturated heterocycles. The number of rotatable bonds is 3. The molecule has 0 saturated carbocycles. The Morgan fingerprint density at radius 2 is 1.84 bits per heavy atom. The van der Waals surface area contributed by atoms with Crippen LogP contribution in [0.5, 0.6) is 5.75 Å². The molecule has 0 aliphatic heterocycles. The van der Waals surface area contributed by atoms with Crippen LogP contribution in [0, 0.1) is 5.82 Å². The van der Waals surface area contributed by atoms with Gasteiger partial charge in [-0.05, 0) is 17.7 Å². The molecule has 0 heterocycles. The second kappa shape index (κ2) is 6.00. The Morgan fingerprint density at radius 3 is 2.47 bits per heavy atom. The van der Waals surface area contributed by atoms with Gasteiger partial charge in [0.25, 0.3) is 0 Å². The Hall–Kier alpha value is -0.960. The maximum atomic E-state index is 14.0. The van der Waals surface area contributed by atoms with Crippen LogP contribution >= 0.6 is 34.8 Å². The highest BCUT2D eigenvalue weighted by molar-refractivity contribution is 6.43. The summed E-state index contributed by atoms with van der Waals surface area (Å²) in [6, 6.07) is 9.59. The third-order valence-corrected chi connectivity index (χ3v) is 4.04. The molecule has 2 rings (SSSR count). The minimum Gasteiger partial charge on any atom is -0.497 e. The Balaban J connectivity index is 2.44. The summed E-state index contributed by atoms with van der Waals surface area (Å²) in [5.41, 5.74) is 0.895. The van der Waals surface area contributed by atoms with Gasteiger partial charge in [0.1, 0.15) is 11.6 Å². The Labute approximate surface area is 125 Å². The Bertz CT molecular complexity index is 601. The Morgan fingerprint density at radius 1 is 1.11 bits per heavy atom. The van der Waals surface area contributed by atoms with E-state index in [1.54, 1.807) is 30.3 Å². The van der Waals surface area contributed by atoms with Crippen molar-refractivity contribution in [3.8, 4) is 5.75 Å². The van der Waals surface area contributed by atoms with Gasteiger partial charge in [-0.15, -0.1) is 11.6 Å². The van der Waals surface area contributed by atoms with E-state index < -0.39 is 11.2 Å². The van der Waals surface area contributed by atoms with Crippen molar-refractivity contribution in [2.75, 3.05) is 7.11 Å². The summed E-state index contributed by atoms with van der Waals surface area (Å²) in [6.07, 6.45) is 0. The first-order valence-electron chi connectivity index (χ1n) is 5.46. The number of hydrogen-bond acceptors (Lipinski definition) is 1. The third kappa shape index (κ3) is 2.97. The molecule has 0 aliphatic carbocycles. The van der Waals surface area contributed by atoms with E-state index in [1.807, 2.05) is 0 Å². The van der Waals surface area contributed by atoms with Crippen molar-refractivity contribution in [2.45, 2.75) is 5.38 Å². The second-order valence-electron chi connectivity index (χ2n) is 3.89. The Kier molecular flexibility index (Phi) is 4.56. The lowest BCUT2D eigenvalue weighted by atomic mass is 10.0. The highest BCUT2D eigenvalue weighted by Gasteiger charge is 2.19. The molecule has 19 heavy (non-hydrogen) atoms. The predicted molar refractivity (Wildman–Crippen MR) is 77.1 cm³/mol. The van der Waals surface area contributed by atoms with Gasteiger partial charge in [0.2, 0.25) is 0 Å². The first kappa shape index (κ1) is 14.4. The van der Waals surface area contributed by atoms with Crippen LogP contribution in [-0.4, -0.2) is 7.11 Å². The van der Waals surface area contributed by atoms with E-state index >= 15 is 0 Å². The molecule has 5 heteroatoms. The zero-order valence-electron chi connectivity index (χ0n) is 9.96. The highest BCUT2D eigenvalue weighted by Crippen LogP contribution is 2.38. The molecule has 0 fully saturated rings. The van der Waals surface area contributed by atoms with Gasteiger partial charge in [-0.3, -0.25) is 0 Å². The van der Waals surface area contributed by atoms with Crippen LogP contribution in [-0.2, 0) is 0 Å². The zero-order chi connectivity index (χ0) is 14.0. The molecule has 0 spiro atoms. The summed E-state index contributed by atoms with van der Waals surface area (Å²) in [7, 11) is 1.47. The first-order chi connectivity index (χ1) is 9.04. The molecule has 0 aromatic heterocycles. The van der Waals surface area contributed by atoms with Gasteiger partial charge >= 0.3 is 0 Å². The van der Waals surface area contributed by atoms with Crippen LogP contribution in [0.15, 0.2) is 36.4 Å². The van der Waals surface area contributed by atoms with Crippen LogP contribution < -0.4 is 4.74 Å². The number of benzene rings is 2. The number of ether oxygens (including phenoxy) is 1. The quantitative estimate of drug-likeness (QED) is 0.682. The van der Waals surface area contributed by atoms with Crippen LogP contribution in [0.25, 0.3) is 0 Å². The normalized spacial score (nSPS) is 12.3. The van der Waals surface area contributed by atoms with E-state index in [-0.39, 0.29) is 0 Å². The first-order valence-corrected chi connectivity index (χ1v) is 6.65. The summed E-state index contributed by atoms with van der Waals surface area (Å²) in [5.74, 6) is -0.0160. The van der Waals surface area contributed by atoms with Gasteiger partial charge in [0.15, 0.2) is 0 Å². The van der Waals surface area contributed by atoms with Gasteiger partial charge in [-0.1, -0.05) is 41.4 Å². The largest absolute Gasteiger partial charge is 0.497 e. The van der Waals surface area contributed by atoms with Crippen molar-refractivity contribution in [1.29, 1.82) is 0 Å². The van der Waals surface area contributed by atoms with E-state index in [4.69, 9.17) is 39.5 Å². The monoisotopic (exact) mass is 318 g/mol. The van der Waals surface area contributed by atoms with E-state index in [2.05, 4.69) is 0 Å². The maximum absolute atomic E-state index is 14.0. The molecule has 0 aliphatic rings. The fourth-order valence-corrected chi connectivity index (χ4v) is 2.56. The molecule has 2 aromatic rings. The standard InChI is InChI=1S/C14H10Cl3FO/c1-19-8-5-6-9(12(18)7-8)13(16)10-3-2-4-11(15)14(10)17/h2-7,13H,1H3. The van der Waals surface area contributed by atoms with Crippen molar-refractivity contribution in [3.63, 3.8) is 0 Å². The van der Waals surface area contributed by atoms with Crippen LogP contribution in [0.3, 0.4) is 0 Å². The molecule has 100 valence electrons. The number of hydrogen-bond donors (Lipinski definition) is 0. The van der Waals surface area contributed by atoms with E-state index in [0.717, 1.165) is 0 Å². The number of methoxy groups -OCH3 is 1. The summed E-state index contributed by atoms with van der Waals surface area (Å²) in [4.78, 5) is 0. The summed E-state index contributed by atoms with van der Waals surface area (Å²) < 4.78 is 18.9. The predicted octanol–water partition coefficient (Wildman–Crippen LogP) is 5.47. The summed E-state index contributed by atoms with van der Waals surface area (Å²) >= 11 is 18.3. The van der Waals surface area contributed by atoms with Crippen molar-refractivity contribution in [2.24, 2.45) is 0 Å². The molecule has 0 N–H and O–H groups in total. The van der Waals surface area contributed by atoms with Gasteiger partial charge in [0, 0.05) is 11.6 Å². The molecule has 1 atom stereocenters. The minimum atomic E-state index is -0.711. The van der Waals surface area contributed by atoms with Gasteiger partial charge in [-0.25, -0.2) is 4.39 Å². The second-order valence-corrected chi connectivity index (χ2v) is 5.11. The van der Waals surface area contributed by atoms with Crippen molar-refractivity contribution < 1.29 is 9.13 Å². The van der Waals surface area contributed by atoms with Crippen LogP contribution in [0.4, 0.5) is 4.39 Å². The molecule has 2 aromatic carbocycles. The lowest BCUT2D eigenvalue weighted by molar-refractivity contribution is 0.411. The molecular weight excluding hydrogens is 310 g/mol. The van der Waals surface area contributed by atoms with E-state index in [1.165, 1.54) is 13.2 Å². The van der Waals surface area contributed by atoms with Crippen molar-refractivity contribution in [1.82, 2.24) is 0 Å². The van der Waals surface area contributed by atoms with Crippen molar-refractivity contribution >= 4 is 34.8 Å². The van der Waals surface area contributed by atoms with E-state index in [0.29, 0.717) is 26.9 Å². The van der Waals surface area contributed by atoms with Crippen LogP contribution in [0.1, 0.15) is 16.5 Å². The smallest absolute Gasteiger partial charge is 0.131 e.